The Morgan fingerprint density at radius 3 is 3.04 bits per heavy atom. The molecule has 0 N–H and O–H groups in total. The molecule has 3 aromatic heterocycles. The van der Waals surface area contributed by atoms with Crippen LogP contribution in [0.5, 0.6) is 5.88 Å². The lowest BCUT2D eigenvalue weighted by Gasteiger charge is -2.30. The summed E-state index contributed by atoms with van der Waals surface area (Å²) in [5.74, 6) is 1.40. The predicted octanol–water partition coefficient (Wildman–Crippen LogP) is 4.90. The second kappa shape index (κ2) is 7.63. The summed E-state index contributed by atoms with van der Waals surface area (Å²) < 4.78 is 10.5. The molecule has 6 heteroatoms. The lowest BCUT2D eigenvalue weighted by atomic mass is 9.98. The number of rotatable bonds is 5. The van der Waals surface area contributed by atoms with Gasteiger partial charge in [0.15, 0.2) is 0 Å². The standard InChI is InChI=1S/C19H22IN3OS/c1-14-13-25-19-17(14)23-9-2-4-16(23)18(21-19)24-12-15-5-10-22(11-6-15)8-3-7-20/h2-4,7,9,13,15H,5-6,8,10-12H2,1H3/b7-3+. The van der Waals surface area contributed by atoms with Gasteiger partial charge < -0.3 is 9.14 Å². The van der Waals surface area contributed by atoms with Crippen LogP contribution < -0.4 is 4.74 Å². The van der Waals surface area contributed by atoms with Crippen molar-refractivity contribution in [3.8, 4) is 5.88 Å². The molecule has 132 valence electrons. The molecule has 25 heavy (non-hydrogen) atoms. The second-order valence-corrected chi connectivity index (χ2v) is 8.25. The molecule has 0 saturated carbocycles. The van der Waals surface area contributed by atoms with E-state index >= 15 is 0 Å². The summed E-state index contributed by atoms with van der Waals surface area (Å²) in [6, 6.07) is 4.16. The lowest BCUT2D eigenvalue weighted by molar-refractivity contribution is 0.148. The number of hydrogen-bond donors (Lipinski definition) is 0. The SMILES string of the molecule is Cc1csc2nc(OCC3CCN(C/C=C/I)CC3)c3cccn3c12. The highest BCUT2D eigenvalue weighted by Crippen LogP contribution is 2.30. The summed E-state index contributed by atoms with van der Waals surface area (Å²) in [7, 11) is 0. The highest BCUT2D eigenvalue weighted by atomic mass is 127. The summed E-state index contributed by atoms with van der Waals surface area (Å²) in [5.41, 5.74) is 3.54. The third kappa shape index (κ3) is 3.57. The summed E-state index contributed by atoms with van der Waals surface area (Å²) in [6.07, 6.45) is 6.73. The topological polar surface area (TPSA) is 29.8 Å². The van der Waals surface area contributed by atoms with Crippen LogP contribution in [-0.4, -0.2) is 40.5 Å². The first-order valence-electron chi connectivity index (χ1n) is 8.71. The molecule has 1 fully saturated rings. The predicted molar refractivity (Wildman–Crippen MR) is 113 cm³/mol. The van der Waals surface area contributed by atoms with Crippen LogP contribution in [0.2, 0.25) is 0 Å². The molecule has 4 heterocycles. The van der Waals surface area contributed by atoms with Gasteiger partial charge in [-0.2, -0.15) is 4.98 Å². The Morgan fingerprint density at radius 2 is 2.24 bits per heavy atom. The zero-order valence-electron chi connectivity index (χ0n) is 14.3. The molecule has 0 aliphatic carbocycles. The first-order valence-corrected chi connectivity index (χ1v) is 10.8. The van der Waals surface area contributed by atoms with Crippen LogP contribution in [0.25, 0.3) is 15.9 Å². The monoisotopic (exact) mass is 467 g/mol. The zero-order chi connectivity index (χ0) is 17.2. The number of nitrogens with zero attached hydrogens (tertiary/aromatic N) is 3. The summed E-state index contributed by atoms with van der Waals surface area (Å²) in [6.45, 7) is 6.29. The average Bonchev–Trinajstić information content (AvgIpc) is 3.25. The van der Waals surface area contributed by atoms with Gasteiger partial charge in [-0.1, -0.05) is 28.7 Å². The smallest absolute Gasteiger partial charge is 0.239 e. The quantitative estimate of drug-likeness (QED) is 0.501. The van der Waals surface area contributed by atoms with Gasteiger partial charge in [0.2, 0.25) is 5.88 Å². The fourth-order valence-corrected chi connectivity index (χ4v) is 4.66. The Bertz CT molecular complexity index is 893. The van der Waals surface area contributed by atoms with Crippen LogP contribution >= 0.6 is 33.9 Å². The number of thiophene rings is 1. The van der Waals surface area contributed by atoms with Gasteiger partial charge in [-0.05, 0) is 65.9 Å². The maximum absolute atomic E-state index is 6.19. The summed E-state index contributed by atoms with van der Waals surface area (Å²) in [5, 5.41) is 2.17. The summed E-state index contributed by atoms with van der Waals surface area (Å²) in [4.78, 5) is 8.35. The van der Waals surface area contributed by atoms with Crippen molar-refractivity contribution in [3.05, 3.63) is 39.4 Å². The minimum atomic E-state index is 0.623. The highest BCUT2D eigenvalue weighted by molar-refractivity contribution is 14.1. The molecule has 0 radical (unpaired) electrons. The molecule has 0 spiro atoms. The van der Waals surface area contributed by atoms with E-state index in [1.54, 1.807) is 11.3 Å². The number of hydrogen-bond acceptors (Lipinski definition) is 4. The number of fused-ring (bicyclic) bond motifs is 3. The number of piperidine rings is 1. The van der Waals surface area contributed by atoms with Crippen molar-refractivity contribution in [1.29, 1.82) is 0 Å². The molecule has 3 aromatic rings. The van der Waals surface area contributed by atoms with Crippen LogP contribution in [0.15, 0.2) is 33.9 Å². The Kier molecular flexibility index (Phi) is 5.28. The molecule has 4 rings (SSSR count). The maximum Gasteiger partial charge on any atom is 0.239 e. The van der Waals surface area contributed by atoms with Gasteiger partial charge in [0.1, 0.15) is 10.3 Å². The molecule has 0 bridgehead atoms. The maximum atomic E-state index is 6.19. The Morgan fingerprint density at radius 1 is 1.40 bits per heavy atom. The van der Waals surface area contributed by atoms with Crippen LogP contribution in [0.4, 0.5) is 0 Å². The van der Waals surface area contributed by atoms with Gasteiger partial charge >= 0.3 is 0 Å². The highest BCUT2D eigenvalue weighted by Gasteiger charge is 2.20. The molecular formula is C19H22IN3OS. The molecule has 0 unspecified atom stereocenters. The molecule has 1 aliphatic rings. The van der Waals surface area contributed by atoms with Crippen LogP contribution in [0.1, 0.15) is 18.4 Å². The van der Waals surface area contributed by atoms with E-state index < -0.39 is 0 Å². The molecule has 0 atom stereocenters. The van der Waals surface area contributed by atoms with Crippen molar-refractivity contribution < 1.29 is 4.74 Å². The van der Waals surface area contributed by atoms with Gasteiger partial charge in [-0.25, -0.2) is 0 Å². The number of likely N-dealkylation sites (tertiary alicyclic amines) is 1. The van der Waals surface area contributed by atoms with E-state index in [0.717, 1.165) is 42.5 Å². The Hall–Kier alpha value is -1.12. The van der Waals surface area contributed by atoms with E-state index in [1.807, 2.05) is 0 Å². The third-order valence-electron chi connectivity index (χ3n) is 4.95. The number of halogens is 1. The molecule has 0 amide bonds. The zero-order valence-corrected chi connectivity index (χ0v) is 17.3. The van der Waals surface area contributed by atoms with Crippen LogP contribution in [-0.2, 0) is 0 Å². The lowest BCUT2D eigenvalue weighted by Crippen LogP contribution is -2.35. The van der Waals surface area contributed by atoms with E-state index in [2.05, 4.69) is 72.7 Å². The van der Waals surface area contributed by atoms with Crippen LogP contribution in [0.3, 0.4) is 0 Å². The molecule has 0 aromatic carbocycles. The third-order valence-corrected chi connectivity index (χ3v) is 6.44. The number of ether oxygens (including phenoxy) is 1. The van der Waals surface area contributed by atoms with E-state index in [9.17, 15) is 0 Å². The van der Waals surface area contributed by atoms with Gasteiger partial charge in [-0.3, -0.25) is 4.90 Å². The minimum Gasteiger partial charge on any atom is -0.476 e. The van der Waals surface area contributed by atoms with Crippen LogP contribution in [0, 0.1) is 12.8 Å². The van der Waals surface area contributed by atoms with Gasteiger partial charge in [0.25, 0.3) is 0 Å². The largest absolute Gasteiger partial charge is 0.476 e. The first-order chi connectivity index (χ1) is 12.3. The second-order valence-electron chi connectivity index (χ2n) is 6.67. The average molecular weight is 467 g/mol. The normalized spacial score (nSPS) is 17.2. The van der Waals surface area contributed by atoms with Gasteiger partial charge in [0, 0.05) is 12.7 Å². The number of aryl methyl sites for hydroxylation is 1. The van der Waals surface area contributed by atoms with E-state index in [1.165, 1.54) is 23.9 Å². The van der Waals surface area contributed by atoms with E-state index in [-0.39, 0.29) is 0 Å². The number of aromatic nitrogens is 2. The Balaban J connectivity index is 1.45. The first kappa shape index (κ1) is 17.3. The summed E-state index contributed by atoms with van der Waals surface area (Å²) >= 11 is 3.98. The Labute approximate surface area is 165 Å². The molecule has 1 saturated heterocycles. The minimum absolute atomic E-state index is 0.623. The fourth-order valence-electron chi connectivity index (χ4n) is 3.52. The van der Waals surface area contributed by atoms with Crippen molar-refractivity contribution in [2.24, 2.45) is 5.92 Å². The van der Waals surface area contributed by atoms with Gasteiger partial charge in [0.05, 0.1) is 12.1 Å². The van der Waals surface area contributed by atoms with Crippen molar-refractivity contribution >= 4 is 49.8 Å². The van der Waals surface area contributed by atoms with E-state index in [0.29, 0.717) is 5.92 Å². The van der Waals surface area contributed by atoms with Gasteiger partial charge in [-0.15, -0.1) is 11.3 Å². The van der Waals surface area contributed by atoms with Crippen molar-refractivity contribution in [2.45, 2.75) is 19.8 Å². The van der Waals surface area contributed by atoms with Crippen molar-refractivity contribution in [2.75, 3.05) is 26.2 Å². The van der Waals surface area contributed by atoms with Crippen molar-refractivity contribution in [1.82, 2.24) is 14.3 Å². The van der Waals surface area contributed by atoms with E-state index in [4.69, 9.17) is 9.72 Å². The van der Waals surface area contributed by atoms with Crippen molar-refractivity contribution in [3.63, 3.8) is 0 Å². The molecule has 4 nitrogen and oxygen atoms in total. The molecular weight excluding hydrogens is 445 g/mol. The fraction of sp³-hybridized carbons (Fsp3) is 0.421. The molecule has 1 aliphatic heterocycles.